The largest absolute Gasteiger partial charge is 0.468 e. The first-order chi connectivity index (χ1) is 11.0. The lowest BCUT2D eigenvalue weighted by atomic mass is 9.97. The molecule has 23 heavy (non-hydrogen) atoms. The number of hydrogen-bond acceptors (Lipinski definition) is 5. The minimum absolute atomic E-state index is 0.0694. The highest BCUT2D eigenvalue weighted by atomic mass is 16.5. The summed E-state index contributed by atoms with van der Waals surface area (Å²) in [6.45, 7) is 2.96. The van der Waals surface area contributed by atoms with Gasteiger partial charge in [0, 0.05) is 29.2 Å². The maximum Gasteiger partial charge on any atom is 0.330 e. The van der Waals surface area contributed by atoms with E-state index in [1.807, 2.05) is 17.0 Å². The predicted octanol–water partition coefficient (Wildman–Crippen LogP) is 1.16. The van der Waals surface area contributed by atoms with Crippen LogP contribution in [0, 0.1) is 0 Å². The molecule has 6 nitrogen and oxygen atoms in total. The van der Waals surface area contributed by atoms with Crippen LogP contribution in [0.4, 0.5) is 0 Å². The highest BCUT2D eigenvalue weighted by molar-refractivity contribution is 6.03. The summed E-state index contributed by atoms with van der Waals surface area (Å²) in [6.07, 6.45) is 0.866. The fraction of sp³-hybridized carbons (Fsp3) is 0.412. The SMILES string of the molecule is COC(=O)C(N)C(=O)CN1CCc2c([nH]c3ccccc23)C1C. The van der Waals surface area contributed by atoms with Crippen molar-refractivity contribution in [2.45, 2.75) is 25.4 Å². The molecule has 0 fully saturated rings. The van der Waals surface area contributed by atoms with E-state index in [1.54, 1.807) is 0 Å². The molecule has 3 rings (SSSR count). The quantitative estimate of drug-likeness (QED) is 0.653. The Morgan fingerprint density at radius 3 is 2.91 bits per heavy atom. The molecular weight excluding hydrogens is 294 g/mol. The predicted molar refractivity (Wildman–Crippen MR) is 87.0 cm³/mol. The van der Waals surface area contributed by atoms with Crippen LogP contribution >= 0.6 is 0 Å². The van der Waals surface area contributed by atoms with Crippen LogP contribution in [0.5, 0.6) is 0 Å². The van der Waals surface area contributed by atoms with Gasteiger partial charge < -0.3 is 15.5 Å². The minimum atomic E-state index is -1.21. The number of aromatic nitrogens is 1. The first-order valence-electron chi connectivity index (χ1n) is 7.72. The molecule has 0 aliphatic carbocycles. The molecule has 2 aromatic rings. The normalized spacial score (nSPS) is 19.3. The number of ketones is 1. The van der Waals surface area contributed by atoms with Crippen LogP contribution in [0.3, 0.4) is 0 Å². The van der Waals surface area contributed by atoms with Crippen LogP contribution in [0.25, 0.3) is 10.9 Å². The Balaban J connectivity index is 1.80. The van der Waals surface area contributed by atoms with Gasteiger partial charge in [0.1, 0.15) is 0 Å². The molecule has 0 saturated heterocycles. The molecular formula is C17H21N3O3. The van der Waals surface area contributed by atoms with Gasteiger partial charge in [0.05, 0.1) is 13.7 Å². The number of benzene rings is 1. The van der Waals surface area contributed by atoms with E-state index in [4.69, 9.17) is 5.73 Å². The summed E-state index contributed by atoms with van der Waals surface area (Å²) in [5.74, 6) is -1.01. The van der Waals surface area contributed by atoms with Gasteiger partial charge in [-0.3, -0.25) is 9.69 Å². The van der Waals surface area contributed by atoms with Crippen molar-refractivity contribution in [2.75, 3.05) is 20.2 Å². The third kappa shape index (κ3) is 2.75. The van der Waals surface area contributed by atoms with E-state index in [1.165, 1.54) is 18.1 Å². The monoisotopic (exact) mass is 315 g/mol. The van der Waals surface area contributed by atoms with Gasteiger partial charge in [-0.1, -0.05) is 18.2 Å². The Morgan fingerprint density at radius 1 is 1.43 bits per heavy atom. The summed E-state index contributed by atoms with van der Waals surface area (Å²) in [7, 11) is 1.23. The molecule has 2 unspecified atom stereocenters. The van der Waals surface area contributed by atoms with Crippen LogP contribution < -0.4 is 5.73 Å². The fourth-order valence-electron chi connectivity index (χ4n) is 3.25. The minimum Gasteiger partial charge on any atom is -0.468 e. The molecule has 1 aromatic heterocycles. The van der Waals surface area contributed by atoms with Crippen molar-refractivity contribution in [3.05, 3.63) is 35.5 Å². The number of nitrogens with zero attached hydrogens (tertiary/aromatic N) is 1. The molecule has 1 aliphatic rings. The van der Waals surface area contributed by atoms with Crippen LogP contribution in [-0.2, 0) is 20.7 Å². The molecule has 0 saturated carbocycles. The van der Waals surface area contributed by atoms with E-state index in [0.717, 1.165) is 24.2 Å². The van der Waals surface area contributed by atoms with Crippen LogP contribution in [-0.4, -0.2) is 47.9 Å². The molecule has 2 atom stereocenters. The molecule has 0 spiro atoms. The van der Waals surface area contributed by atoms with E-state index in [2.05, 4.69) is 28.8 Å². The maximum atomic E-state index is 12.2. The molecule has 122 valence electrons. The number of nitrogens with one attached hydrogen (secondary N) is 1. The third-order valence-electron chi connectivity index (χ3n) is 4.62. The summed E-state index contributed by atoms with van der Waals surface area (Å²) in [6, 6.07) is 7.07. The summed E-state index contributed by atoms with van der Waals surface area (Å²) in [5.41, 5.74) is 9.20. The molecule has 0 radical (unpaired) electrons. The van der Waals surface area contributed by atoms with Crippen molar-refractivity contribution in [1.82, 2.24) is 9.88 Å². The number of methoxy groups -OCH3 is 1. The van der Waals surface area contributed by atoms with Crippen LogP contribution in [0.15, 0.2) is 24.3 Å². The number of aromatic amines is 1. The number of H-pyrrole nitrogens is 1. The summed E-state index contributed by atoms with van der Waals surface area (Å²) < 4.78 is 4.54. The number of para-hydroxylation sites is 1. The zero-order valence-corrected chi connectivity index (χ0v) is 13.3. The number of rotatable bonds is 4. The van der Waals surface area contributed by atoms with E-state index in [0.29, 0.717) is 0 Å². The Kier molecular flexibility index (Phi) is 4.19. The highest BCUT2D eigenvalue weighted by Gasteiger charge is 2.31. The van der Waals surface area contributed by atoms with Crippen molar-refractivity contribution in [3.63, 3.8) is 0 Å². The van der Waals surface area contributed by atoms with Crippen molar-refractivity contribution in [3.8, 4) is 0 Å². The lowest BCUT2D eigenvalue weighted by Gasteiger charge is -2.33. The second-order valence-corrected chi connectivity index (χ2v) is 5.93. The molecule has 6 heteroatoms. The summed E-state index contributed by atoms with van der Waals surface area (Å²) in [5, 5.41) is 1.24. The zero-order chi connectivity index (χ0) is 16.6. The smallest absolute Gasteiger partial charge is 0.330 e. The Hall–Kier alpha value is -2.18. The zero-order valence-electron chi connectivity index (χ0n) is 13.3. The first kappa shape index (κ1) is 15.7. The van der Waals surface area contributed by atoms with Crippen molar-refractivity contribution in [1.29, 1.82) is 0 Å². The lowest BCUT2D eigenvalue weighted by Crippen LogP contribution is -2.47. The summed E-state index contributed by atoms with van der Waals surface area (Å²) >= 11 is 0. The van der Waals surface area contributed by atoms with Crippen molar-refractivity contribution >= 4 is 22.7 Å². The van der Waals surface area contributed by atoms with Gasteiger partial charge in [0.25, 0.3) is 0 Å². The number of Topliss-reactive ketones (excluding diaryl/α,β-unsaturated/α-hetero) is 1. The van der Waals surface area contributed by atoms with E-state index in [-0.39, 0.29) is 18.4 Å². The number of carbonyl (C=O) groups is 2. The fourth-order valence-corrected chi connectivity index (χ4v) is 3.25. The molecule has 3 N–H and O–H groups in total. The number of nitrogens with two attached hydrogens (primary N) is 1. The number of hydrogen-bond donors (Lipinski definition) is 2. The number of esters is 1. The van der Waals surface area contributed by atoms with Gasteiger partial charge in [-0.2, -0.15) is 0 Å². The molecule has 1 aliphatic heterocycles. The van der Waals surface area contributed by atoms with E-state index >= 15 is 0 Å². The van der Waals surface area contributed by atoms with Crippen molar-refractivity contribution in [2.24, 2.45) is 5.73 Å². The standard InChI is InChI=1S/C17H21N3O3/c1-10-16-12(11-5-3-4-6-13(11)19-16)7-8-20(10)9-14(21)15(18)17(22)23-2/h3-6,10,15,19H,7-9,18H2,1-2H3. The van der Waals surface area contributed by atoms with E-state index < -0.39 is 12.0 Å². The second-order valence-electron chi connectivity index (χ2n) is 5.93. The molecule has 0 amide bonds. The number of ether oxygens (including phenoxy) is 1. The van der Waals surface area contributed by atoms with Gasteiger partial charge in [0.2, 0.25) is 0 Å². The van der Waals surface area contributed by atoms with Crippen LogP contribution in [0.2, 0.25) is 0 Å². The maximum absolute atomic E-state index is 12.2. The Morgan fingerprint density at radius 2 is 2.17 bits per heavy atom. The third-order valence-corrected chi connectivity index (χ3v) is 4.62. The molecule has 0 bridgehead atoms. The summed E-state index contributed by atoms with van der Waals surface area (Å²) in [4.78, 5) is 29.1. The van der Waals surface area contributed by atoms with E-state index in [9.17, 15) is 9.59 Å². The average Bonchev–Trinajstić information content (AvgIpc) is 2.95. The second kappa shape index (κ2) is 6.14. The Labute approximate surface area is 134 Å². The lowest BCUT2D eigenvalue weighted by molar-refractivity contribution is -0.145. The topological polar surface area (TPSA) is 88.4 Å². The Bertz CT molecular complexity index is 753. The highest BCUT2D eigenvalue weighted by Crippen LogP contribution is 2.33. The van der Waals surface area contributed by atoms with Gasteiger partial charge in [0.15, 0.2) is 11.8 Å². The molecule has 2 heterocycles. The average molecular weight is 315 g/mol. The number of fused-ring (bicyclic) bond motifs is 3. The first-order valence-corrected chi connectivity index (χ1v) is 7.72. The van der Waals surface area contributed by atoms with Gasteiger partial charge in [-0.15, -0.1) is 0 Å². The van der Waals surface area contributed by atoms with Gasteiger partial charge in [-0.05, 0) is 25.0 Å². The molecule has 1 aromatic carbocycles. The van der Waals surface area contributed by atoms with Crippen molar-refractivity contribution < 1.29 is 14.3 Å². The van der Waals surface area contributed by atoms with Gasteiger partial charge in [-0.25, -0.2) is 4.79 Å². The number of carbonyl (C=O) groups excluding carboxylic acids is 2. The van der Waals surface area contributed by atoms with Crippen LogP contribution in [0.1, 0.15) is 24.2 Å². The van der Waals surface area contributed by atoms with Gasteiger partial charge >= 0.3 is 5.97 Å².